The summed E-state index contributed by atoms with van der Waals surface area (Å²) in [5.74, 6) is -1.45. The zero-order valence-corrected chi connectivity index (χ0v) is 10.7. The van der Waals surface area contributed by atoms with Crippen LogP contribution in [-0.4, -0.2) is 46.4 Å². The minimum atomic E-state index is -1.36. The number of aromatic carboxylic acids is 1. The number of carboxylic acids is 1. The number of carboxylic acid groups (broad SMARTS) is 1. The minimum Gasteiger partial charge on any atom is -0.477 e. The summed E-state index contributed by atoms with van der Waals surface area (Å²) in [6.45, 7) is 0.617. The molecular weight excluding hydrogens is 266 g/mol. The van der Waals surface area contributed by atoms with Gasteiger partial charge in [0.05, 0.1) is 4.92 Å². The summed E-state index contributed by atoms with van der Waals surface area (Å²) < 4.78 is 0. The van der Waals surface area contributed by atoms with Gasteiger partial charge in [0.25, 0.3) is 5.69 Å². The highest BCUT2D eigenvalue weighted by atomic mass is 16.6. The molecule has 0 spiro atoms. The maximum atomic E-state index is 11.7. The van der Waals surface area contributed by atoms with Gasteiger partial charge in [-0.15, -0.1) is 0 Å². The summed E-state index contributed by atoms with van der Waals surface area (Å²) in [5.41, 5.74) is -0.521. The fraction of sp³-hybridized carbons (Fsp3) is 0.333. The van der Waals surface area contributed by atoms with E-state index in [0.29, 0.717) is 18.7 Å². The van der Waals surface area contributed by atoms with Crippen molar-refractivity contribution < 1.29 is 19.6 Å². The van der Waals surface area contributed by atoms with Gasteiger partial charge >= 0.3 is 5.97 Å². The number of hydrogen-bond acceptors (Lipinski definition) is 5. The Kier molecular flexibility index (Phi) is 3.55. The van der Waals surface area contributed by atoms with E-state index in [1.54, 1.807) is 11.9 Å². The molecular formula is C12H13N3O5. The Morgan fingerprint density at radius 3 is 2.75 bits per heavy atom. The van der Waals surface area contributed by atoms with E-state index in [2.05, 4.69) is 5.32 Å². The van der Waals surface area contributed by atoms with Crippen LogP contribution in [0.15, 0.2) is 18.2 Å². The molecule has 1 aliphatic heterocycles. The number of anilines is 1. The molecule has 0 aliphatic carbocycles. The highest BCUT2D eigenvalue weighted by molar-refractivity contribution is 5.93. The van der Waals surface area contributed by atoms with Crippen LogP contribution in [0.3, 0.4) is 0 Å². The number of amides is 1. The summed E-state index contributed by atoms with van der Waals surface area (Å²) in [5, 5.41) is 22.6. The number of likely N-dealkylation sites (tertiary alicyclic amines) is 1. The zero-order chi connectivity index (χ0) is 14.9. The van der Waals surface area contributed by atoms with Gasteiger partial charge in [0, 0.05) is 25.3 Å². The smallest absolute Gasteiger partial charge is 0.342 e. The van der Waals surface area contributed by atoms with Crippen molar-refractivity contribution in [2.45, 2.75) is 12.5 Å². The van der Waals surface area contributed by atoms with Gasteiger partial charge in [-0.25, -0.2) is 4.79 Å². The van der Waals surface area contributed by atoms with Crippen molar-refractivity contribution in [3.63, 3.8) is 0 Å². The Morgan fingerprint density at radius 2 is 2.25 bits per heavy atom. The minimum absolute atomic E-state index is 0.0880. The second-order valence-electron chi connectivity index (χ2n) is 4.54. The lowest BCUT2D eigenvalue weighted by molar-refractivity contribution is -0.385. The lowest BCUT2D eigenvalue weighted by Gasteiger charge is -2.13. The van der Waals surface area contributed by atoms with E-state index < -0.39 is 22.6 Å². The number of rotatable bonds is 4. The summed E-state index contributed by atoms with van der Waals surface area (Å²) in [4.78, 5) is 34.3. The Balaban J connectivity index is 2.26. The Bertz CT molecular complexity index is 586. The van der Waals surface area contributed by atoms with Gasteiger partial charge in [0.2, 0.25) is 5.91 Å². The molecule has 8 nitrogen and oxygen atoms in total. The van der Waals surface area contributed by atoms with Crippen molar-refractivity contribution in [2.75, 3.05) is 18.9 Å². The molecule has 1 saturated heterocycles. The van der Waals surface area contributed by atoms with Gasteiger partial charge < -0.3 is 15.3 Å². The van der Waals surface area contributed by atoms with Crippen molar-refractivity contribution >= 4 is 23.3 Å². The van der Waals surface area contributed by atoms with Crippen LogP contribution in [0.4, 0.5) is 11.4 Å². The maximum Gasteiger partial charge on any atom is 0.342 e. The second-order valence-corrected chi connectivity index (χ2v) is 4.54. The van der Waals surface area contributed by atoms with Gasteiger partial charge in [-0.05, 0) is 18.6 Å². The largest absolute Gasteiger partial charge is 0.477 e. The molecule has 20 heavy (non-hydrogen) atoms. The molecule has 106 valence electrons. The Hall–Kier alpha value is -2.64. The quantitative estimate of drug-likeness (QED) is 0.626. The molecule has 1 atom stereocenters. The molecule has 0 aromatic heterocycles. The normalized spacial score (nSPS) is 18.1. The lowest BCUT2D eigenvalue weighted by atomic mass is 10.1. The first kappa shape index (κ1) is 13.8. The van der Waals surface area contributed by atoms with Gasteiger partial charge in [-0.2, -0.15) is 0 Å². The van der Waals surface area contributed by atoms with Crippen molar-refractivity contribution in [1.29, 1.82) is 0 Å². The highest BCUT2D eigenvalue weighted by Crippen LogP contribution is 2.25. The van der Waals surface area contributed by atoms with Crippen LogP contribution in [0.25, 0.3) is 0 Å². The molecule has 1 unspecified atom stereocenters. The number of likely N-dealkylation sites (N-methyl/N-ethyl adjacent to an activating group) is 1. The number of nitro benzene ring substituents is 1. The molecule has 1 heterocycles. The van der Waals surface area contributed by atoms with E-state index in [1.165, 1.54) is 6.07 Å². The molecule has 1 amide bonds. The zero-order valence-electron chi connectivity index (χ0n) is 10.7. The van der Waals surface area contributed by atoms with Crippen LogP contribution in [0.1, 0.15) is 16.8 Å². The van der Waals surface area contributed by atoms with E-state index in [-0.39, 0.29) is 11.5 Å². The van der Waals surface area contributed by atoms with Crippen LogP contribution < -0.4 is 5.32 Å². The number of hydrogen-bond donors (Lipinski definition) is 2. The number of carbonyl (C=O) groups is 2. The predicted molar refractivity (Wildman–Crippen MR) is 69.7 cm³/mol. The summed E-state index contributed by atoms with van der Waals surface area (Å²) >= 11 is 0. The number of nitrogens with one attached hydrogen (secondary N) is 1. The van der Waals surface area contributed by atoms with Gasteiger partial charge in [0.1, 0.15) is 11.6 Å². The van der Waals surface area contributed by atoms with Crippen LogP contribution in [-0.2, 0) is 4.79 Å². The summed E-state index contributed by atoms with van der Waals surface area (Å²) in [6.07, 6.45) is 0.601. The number of nitrogens with zero attached hydrogens (tertiary/aromatic N) is 2. The van der Waals surface area contributed by atoms with Crippen molar-refractivity contribution in [3.05, 3.63) is 33.9 Å². The molecule has 1 fully saturated rings. The summed E-state index contributed by atoms with van der Waals surface area (Å²) in [6, 6.07) is 3.28. The molecule has 8 heteroatoms. The van der Waals surface area contributed by atoms with E-state index in [0.717, 1.165) is 12.1 Å². The third-order valence-corrected chi connectivity index (χ3v) is 3.19. The van der Waals surface area contributed by atoms with Gasteiger partial charge in [-0.3, -0.25) is 14.9 Å². The lowest BCUT2D eigenvalue weighted by Crippen LogP contribution is -2.30. The topological polar surface area (TPSA) is 113 Å². The van der Waals surface area contributed by atoms with Crippen molar-refractivity contribution in [2.24, 2.45) is 0 Å². The standard InChI is InChI=1S/C12H13N3O5/c1-14-5-4-9(11(14)16)13-7-2-3-8(12(17)18)10(6-7)15(19)20/h2-3,6,9,13H,4-5H2,1H3,(H,17,18). The highest BCUT2D eigenvalue weighted by Gasteiger charge is 2.29. The van der Waals surface area contributed by atoms with E-state index >= 15 is 0 Å². The molecule has 1 aromatic carbocycles. The Labute approximate surface area is 114 Å². The number of carbonyl (C=O) groups excluding carboxylic acids is 1. The van der Waals surface area contributed by atoms with Crippen LogP contribution in [0.5, 0.6) is 0 Å². The summed E-state index contributed by atoms with van der Waals surface area (Å²) in [7, 11) is 1.68. The second kappa shape index (κ2) is 5.16. The van der Waals surface area contributed by atoms with Crippen LogP contribution in [0.2, 0.25) is 0 Å². The molecule has 2 N–H and O–H groups in total. The molecule has 1 aliphatic rings. The SMILES string of the molecule is CN1CCC(Nc2ccc(C(=O)O)c([N+](=O)[O-])c2)C1=O. The molecule has 0 radical (unpaired) electrons. The van der Waals surface area contributed by atoms with Crippen molar-refractivity contribution in [3.8, 4) is 0 Å². The van der Waals surface area contributed by atoms with Gasteiger partial charge in [-0.1, -0.05) is 0 Å². The third-order valence-electron chi connectivity index (χ3n) is 3.19. The van der Waals surface area contributed by atoms with Gasteiger partial charge in [0.15, 0.2) is 0 Å². The average Bonchev–Trinajstić information content (AvgIpc) is 2.70. The maximum absolute atomic E-state index is 11.7. The van der Waals surface area contributed by atoms with Crippen LogP contribution >= 0.6 is 0 Å². The fourth-order valence-corrected chi connectivity index (χ4v) is 2.11. The third kappa shape index (κ3) is 2.53. The van der Waals surface area contributed by atoms with E-state index in [4.69, 9.17) is 5.11 Å². The average molecular weight is 279 g/mol. The number of benzene rings is 1. The molecule has 2 rings (SSSR count). The first-order valence-corrected chi connectivity index (χ1v) is 5.93. The molecule has 0 saturated carbocycles. The number of nitro groups is 1. The monoisotopic (exact) mass is 279 g/mol. The molecule has 1 aromatic rings. The predicted octanol–water partition coefficient (Wildman–Crippen LogP) is 0.936. The Morgan fingerprint density at radius 1 is 1.55 bits per heavy atom. The first-order valence-electron chi connectivity index (χ1n) is 5.93. The van der Waals surface area contributed by atoms with E-state index in [9.17, 15) is 19.7 Å². The van der Waals surface area contributed by atoms with Crippen LogP contribution in [0, 0.1) is 10.1 Å². The van der Waals surface area contributed by atoms with Crippen molar-refractivity contribution in [1.82, 2.24) is 4.90 Å². The van der Waals surface area contributed by atoms with E-state index in [1.807, 2.05) is 0 Å². The molecule has 0 bridgehead atoms. The fourth-order valence-electron chi connectivity index (χ4n) is 2.11. The first-order chi connectivity index (χ1) is 9.40.